The lowest BCUT2D eigenvalue weighted by molar-refractivity contribution is 0.0774. The maximum atomic E-state index is 13.1. The number of piperazine rings is 1. The zero-order valence-electron chi connectivity index (χ0n) is 29.5. The van der Waals surface area contributed by atoms with Gasteiger partial charge in [-0.15, -0.1) is 11.3 Å². The van der Waals surface area contributed by atoms with Gasteiger partial charge in [0, 0.05) is 50.6 Å². The number of phenols is 1. The molecule has 0 radical (unpaired) electrons. The Morgan fingerprint density at radius 3 is 2.27 bits per heavy atom. The van der Waals surface area contributed by atoms with E-state index in [1.807, 2.05) is 47.5 Å². The van der Waals surface area contributed by atoms with Gasteiger partial charge in [-0.3, -0.25) is 9.79 Å². The number of fused-ring (bicyclic) bond motifs is 3. The Kier molecular flexibility index (Phi) is 11.2. The topological polar surface area (TPSA) is 109 Å². The molecule has 4 aromatic rings. The fourth-order valence-corrected chi connectivity index (χ4v) is 8.01. The molecule has 11 nitrogen and oxygen atoms in total. The molecule has 1 atom stereocenters. The molecule has 7 rings (SSSR count). The third-order valence-corrected chi connectivity index (χ3v) is 11.0. The van der Waals surface area contributed by atoms with E-state index in [4.69, 9.17) is 23.9 Å². The average Bonchev–Trinajstić information content (AvgIpc) is 3.79. The Bertz CT molecular complexity index is 1860. The molecule has 3 aromatic carbocycles. The maximum Gasteiger partial charge on any atom is 0.256 e. The number of amides is 1. The van der Waals surface area contributed by atoms with Gasteiger partial charge in [-0.25, -0.2) is 4.98 Å². The lowest BCUT2D eigenvalue weighted by Crippen LogP contribution is -2.46. The smallest absolute Gasteiger partial charge is 0.256 e. The molecular weight excluding hydrogens is 667 g/mol. The quantitative estimate of drug-likeness (QED) is 0.136. The number of phenolic OH excluding ortho intramolecular Hbond substituents is 1. The Labute approximate surface area is 303 Å². The number of unbranched alkanes of at least 4 members (excludes halogenated alkanes) is 2. The van der Waals surface area contributed by atoms with Crippen LogP contribution in [0.5, 0.6) is 28.7 Å². The van der Waals surface area contributed by atoms with Gasteiger partial charge in [0.05, 0.1) is 54.9 Å². The molecule has 1 amide bonds. The van der Waals surface area contributed by atoms with E-state index in [0.717, 1.165) is 111 Å². The van der Waals surface area contributed by atoms with Crippen LogP contribution in [-0.2, 0) is 0 Å². The Balaban J connectivity index is 0.772. The molecule has 1 aromatic heterocycles. The first kappa shape index (κ1) is 35.0. The number of benzene rings is 3. The molecule has 2 saturated heterocycles. The highest BCUT2D eigenvalue weighted by Gasteiger charge is 2.32. The molecule has 51 heavy (non-hydrogen) atoms. The normalized spacial score (nSPS) is 17.7. The highest BCUT2D eigenvalue weighted by molar-refractivity contribution is 7.21. The molecule has 0 spiro atoms. The van der Waals surface area contributed by atoms with Gasteiger partial charge >= 0.3 is 0 Å². The number of ether oxygens (including phenoxy) is 4. The van der Waals surface area contributed by atoms with Gasteiger partial charge in [0.15, 0.2) is 23.0 Å². The van der Waals surface area contributed by atoms with Gasteiger partial charge in [0.1, 0.15) is 10.8 Å². The van der Waals surface area contributed by atoms with E-state index in [1.165, 1.54) is 0 Å². The van der Waals surface area contributed by atoms with Crippen molar-refractivity contribution in [2.45, 2.75) is 44.6 Å². The molecule has 0 aliphatic carbocycles. The van der Waals surface area contributed by atoms with Gasteiger partial charge in [-0.05, 0) is 94.1 Å². The number of nitrogens with zero attached hydrogens (tertiary/aromatic N) is 5. The molecule has 0 saturated carbocycles. The molecule has 12 heteroatoms. The molecule has 0 unspecified atom stereocenters. The summed E-state index contributed by atoms with van der Waals surface area (Å²) in [5, 5.41) is 11.5. The van der Waals surface area contributed by atoms with Crippen LogP contribution in [0.1, 0.15) is 48.9 Å². The summed E-state index contributed by atoms with van der Waals surface area (Å²) in [6.45, 7) is 8.32. The zero-order valence-corrected chi connectivity index (χ0v) is 30.3. The van der Waals surface area contributed by atoms with E-state index >= 15 is 0 Å². The van der Waals surface area contributed by atoms with E-state index in [1.54, 1.807) is 37.7 Å². The van der Waals surface area contributed by atoms with Crippen LogP contribution in [0.15, 0.2) is 53.5 Å². The Morgan fingerprint density at radius 1 is 0.824 bits per heavy atom. The minimum absolute atomic E-state index is 0.0204. The molecule has 3 aliphatic heterocycles. The van der Waals surface area contributed by atoms with E-state index in [9.17, 15) is 9.90 Å². The summed E-state index contributed by atoms with van der Waals surface area (Å²) in [6, 6.07) is 15.1. The fraction of sp³-hybridized carbons (Fsp3) is 0.462. The molecule has 3 aliphatic rings. The standard InChI is InChI=1S/C39H47N5O6S/c1-47-29-10-11-31-37(23-29)51-38(41-31)27-9-12-34(33(45)22-27)49-20-5-3-13-42-16-18-43(19-17-42)14-4-6-21-50-36-25-32-30(24-35(36)48-2)39(46)44-15-7-8-28(44)26-40-32/h9-12,22-26,28,45H,3-8,13-21H2,1-2H3/t28-/m0/s1. The van der Waals surface area contributed by atoms with Crippen molar-refractivity contribution in [3.8, 4) is 39.3 Å². The lowest BCUT2D eigenvalue weighted by atomic mass is 10.1. The second-order valence-corrected chi connectivity index (χ2v) is 14.4. The van der Waals surface area contributed by atoms with Crippen LogP contribution < -0.4 is 18.9 Å². The number of carbonyl (C=O) groups is 1. The average molecular weight is 714 g/mol. The minimum Gasteiger partial charge on any atom is -0.504 e. The van der Waals surface area contributed by atoms with Gasteiger partial charge in [0.25, 0.3) is 5.91 Å². The minimum atomic E-state index is 0.0204. The Hall–Kier alpha value is -4.39. The second-order valence-electron chi connectivity index (χ2n) is 13.3. The largest absolute Gasteiger partial charge is 0.504 e. The fourth-order valence-electron chi connectivity index (χ4n) is 7.02. The number of aliphatic imine (C=N–C) groups is 1. The van der Waals surface area contributed by atoms with Crippen molar-refractivity contribution in [3.63, 3.8) is 0 Å². The monoisotopic (exact) mass is 713 g/mol. The first-order valence-corrected chi connectivity index (χ1v) is 18.9. The maximum absolute atomic E-state index is 13.1. The third kappa shape index (κ3) is 8.24. The van der Waals surface area contributed by atoms with E-state index in [0.29, 0.717) is 41.7 Å². The van der Waals surface area contributed by atoms with Gasteiger partial charge in [0.2, 0.25) is 0 Å². The number of aromatic nitrogens is 1. The highest BCUT2D eigenvalue weighted by atomic mass is 32.1. The molecule has 1 N–H and O–H groups in total. The van der Waals surface area contributed by atoms with E-state index in [-0.39, 0.29) is 17.7 Å². The van der Waals surface area contributed by atoms with Crippen molar-refractivity contribution in [1.29, 1.82) is 0 Å². The van der Waals surface area contributed by atoms with Crippen LogP contribution in [0.2, 0.25) is 0 Å². The first-order valence-electron chi connectivity index (χ1n) is 18.0. The first-order chi connectivity index (χ1) is 25.0. The summed E-state index contributed by atoms with van der Waals surface area (Å²) in [6.07, 6.45) is 7.85. The number of hydrogen-bond donors (Lipinski definition) is 1. The summed E-state index contributed by atoms with van der Waals surface area (Å²) in [7, 11) is 3.27. The number of hydrogen-bond acceptors (Lipinski definition) is 11. The molecular formula is C39H47N5O6S. The number of rotatable bonds is 15. The van der Waals surface area contributed by atoms with Gasteiger partial charge in [-0.1, -0.05) is 0 Å². The Morgan fingerprint density at radius 2 is 1.57 bits per heavy atom. The van der Waals surface area contributed by atoms with Crippen molar-refractivity contribution in [1.82, 2.24) is 19.7 Å². The third-order valence-electron chi connectivity index (χ3n) is 9.98. The number of carbonyl (C=O) groups excluding carboxylic acids is 1. The predicted octanol–water partition coefficient (Wildman–Crippen LogP) is 6.64. The number of methoxy groups -OCH3 is 2. The van der Waals surface area contributed by atoms with Crippen molar-refractivity contribution < 1.29 is 28.8 Å². The van der Waals surface area contributed by atoms with Crippen LogP contribution in [0.25, 0.3) is 20.8 Å². The summed E-state index contributed by atoms with van der Waals surface area (Å²) in [5.41, 5.74) is 3.01. The van der Waals surface area contributed by atoms with Gasteiger partial charge in [-0.2, -0.15) is 0 Å². The lowest BCUT2D eigenvalue weighted by Gasteiger charge is -2.34. The van der Waals surface area contributed by atoms with Crippen LogP contribution in [0.3, 0.4) is 0 Å². The molecule has 4 heterocycles. The van der Waals surface area contributed by atoms with Crippen LogP contribution in [-0.4, -0.2) is 116 Å². The summed E-state index contributed by atoms with van der Waals surface area (Å²) in [4.78, 5) is 29.4. The van der Waals surface area contributed by atoms with E-state index in [2.05, 4.69) is 14.8 Å². The van der Waals surface area contributed by atoms with E-state index < -0.39 is 0 Å². The van der Waals surface area contributed by atoms with Gasteiger partial charge < -0.3 is 38.8 Å². The molecule has 270 valence electrons. The summed E-state index contributed by atoms with van der Waals surface area (Å²) in [5.74, 6) is 2.68. The van der Waals surface area contributed by atoms with Crippen molar-refractivity contribution in [2.75, 3.05) is 73.2 Å². The number of thiazole rings is 1. The van der Waals surface area contributed by atoms with Crippen LogP contribution in [0, 0.1) is 0 Å². The summed E-state index contributed by atoms with van der Waals surface area (Å²) >= 11 is 1.57. The van der Waals surface area contributed by atoms with Crippen LogP contribution >= 0.6 is 11.3 Å². The SMILES string of the molecule is COc1ccc2nc(-c3ccc(OCCCCN4CCN(CCCCOc5cc6c(cc5OC)C(=O)N5CCC[C@H]5C=N6)CC4)c(O)c3)sc2c1. The summed E-state index contributed by atoms with van der Waals surface area (Å²) < 4.78 is 24.0. The molecule has 0 bridgehead atoms. The van der Waals surface area contributed by atoms with Crippen molar-refractivity contribution in [2.24, 2.45) is 4.99 Å². The van der Waals surface area contributed by atoms with Crippen molar-refractivity contribution in [3.05, 3.63) is 54.1 Å². The highest BCUT2D eigenvalue weighted by Crippen LogP contribution is 2.39. The zero-order chi connectivity index (χ0) is 35.2. The predicted molar refractivity (Wildman–Crippen MR) is 201 cm³/mol. The second kappa shape index (κ2) is 16.3. The molecule has 2 fully saturated rings. The number of aromatic hydroxyl groups is 1. The van der Waals surface area contributed by atoms with Crippen molar-refractivity contribution >= 4 is 39.4 Å². The van der Waals surface area contributed by atoms with Crippen LogP contribution in [0.4, 0.5) is 5.69 Å².